The van der Waals surface area contributed by atoms with Gasteiger partial charge in [-0.3, -0.25) is 0 Å². The second kappa shape index (κ2) is 8.09. The van der Waals surface area contributed by atoms with Crippen LogP contribution in [0.3, 0.4) is 0 Å². The van der Waals surface area contributed by atoms with E-state index in [4.69, 9.17) is 4.74 Å². The van der Waals surface area contributed by atoms with E-state index in [1.54, 1.807) is 0 Å². The molecule has 3 rings (SSSR count). The summed E-state index contributed by atoms with van der Waals surface area (Å²) in [6.45, 7) is 2.45. The molecule has 3 heteroatoms. The molecule has 0 radical (unpaired) electrons. The number of carbonyl (C=O) groups is 1. The highest BCUT2D eigenvalue weighted by atomic mass is 31.2. The van der Waals surface area contributed by atoms with Crippen LogP contribution in [0, 0.1) is 0 Å². The first kappa shape index (κ1) is 17.4. The molecule has 126 valence electrons. The summed E-state index contributed by atoms with van der Waals surface area (Å²) in [7, 11) is -2.54. The second-order valence-corrected chi connectivity index (χ2v) is 9.05. The van der Waals surface area contributed by atoms with E-state index in [0.29, 0.717) is 6.61 Å². The third-order valence-corrected chi connectivity index (χ3v) is 8.03. The van der Waals surface area contributed by atoms with Gasteiger partial charge in [0.1, 0.15) is 15.9 Å². The number of carbonyl (C=O) groups excluding carboxylic acids is 1. The van der Waals surface area contributed by atoms with Gasteiger partial charge in [-0.15, -0.1) is 0 Å². The van der Waals surface area contributed by atoms with Crippen molar-refractivity contribution in [3.05, 3.63) is 91.0 Å². The Morgan fingerprint density at radius 3 is 1.40 bits per heavy atom. The molecule has 0 aliphatic heterocycles. The van der Waals surface area contributed by atoms with Crippen LogP contribution in [0.15, 0.2) is 91.0 Å². The van der Waals surface area contributed by atoms with E-state index in [9.17, 15) is 4.79 Å². The van der Waals surface area contributed by atoms with Crippen molar-refractivity contribution >= 4 is 28.9 Å². The van der Waals surface area contributed by atoms with Gasteiger partial charge in [0, 0.05) is 0 Å². The van der Waals surface area contributed by atoms with E-state index >= 15 is 0 Å². The standard InChI is InChI=1S/C22H22O2P/c1-2-18-24-22(23)25(19-12-6-3-7-13-19,20-14-8-4-9-15-20)21-16-10-5-11-17-21/h3-17H,2,18H2,1H3/q+1. The van der Waals surface area contributed by atoms with Crippen LogP contribution < -0.4 is 15.9 Å². The number of benzene rings is 3. The molecule has 0 atom stereocenters. The van der Waals surface area contributed by atoms with Crippen LogP contribution in [0.25, 0.3) is 0 Å². The molecule has 3 aromatic carbocycles. The highest BCUT2D eigenvalue weighted by Gasteiger charge is 2.55. The highest BCUT2D eigenvalue weighted by molar-refractivity contribution is 8.07. The number of ether oxygens (including phenoxy) is 1. The van der Waals surface area contributed by atoms with Crippen molar-refractivity contribution in [1.82, 2.24) is 0 Å². The minimum absolute atomic E-state index is 0.127. The average molecular weight is 349 g/mol. The Morgan fingerprint density at radius 1 is 0.720 bits per heavy atom. The molecule has 0 saturated carbocycles. The van der Waals surface area contributed by atoms with Gasteiger partial charge in [-0.25, -0.2) is 4.79 Å². The third-order valence-electron chi connectivity index (χ3n) is 4.13. The molecule has 0 amide bonds. The van der Waals surface area contributed by atoms with Crippen LogP contribution in [0.4, 0.5) is 4.79 Å². The molecular weight excluding hydrogens is 327 g/mol. The monoisotopic (exact) mass is 349 g/mol. The molecule has 0 saturated heterocycles. The maximum Gasteiger partial charge on any atom is 0.466 e. The molecule has 0 fully saturated rings. The SMILES string of the molecule is CCCOC(=O)[P+](c1ccccc1)(c1ccccc1)c1ccccc1. The fraction of sp³-hybridized carbons (Fsp3) is 0.136. The average Bonchev–Trinajstić information content (AvgIpc) is 2.69. The summed E-state index contributed by atoms with van der Waals surface area (Å²) in [5.74, 6) is 0. The van der Waals surface area contributed by atoms with Gasteiger partial charge in [0.25, 0.3) is 0 Å². The fourth-order valence-electron chi connectivity index (χ4n) is 3.00. The maximum atomic E-state index is 13.5. The lowest BCUT2D eigenvalue weighted by Gasteiger charge is -2.24. The smallest absolute Gasteiger partial charge is 0.435 e. The zero-order valence-corrected chi connectivity index (χ0v) is 15.2. The lowest BCUT2D eigenvalue weighted by atomic mass is 10.4. The van der Waals surface area contributed by atoms with Crippen LogP contribution in [0.1, 0.15) is 13.3 Å². The summed E-state index contributed by atoms with van der Waals surface area (Å²) in [6, 6.07) is 30.1. The first-order chi connectivity index (χ1) is 12.3. The van der Waals surface area contributed by atoms with Crippen molar-refractivity contribution in [3.63, 3.8) is 0 Å². The molecule has 3 aromatic rings. The quantitative estimate of drug-likeness (QED) is 0.611. The van der Waals surface area contributed by atoms with Gasteiger partial charge in [0.2, 0.25) is 7.26 Å². The van der Waals surface area contributed by atoms with Gasteiger partial charge in [0.15, 0.2) is 0 Å². The highest BCUT2D eigenvalue weighted by Crippen LogP contribution is 2.56. The number of rotatable bonds is 6. The minimum atomic E-state index is -2.54. The first-order valence-electron chi connectivity index (χ1n) is 8.53. The summed E-state index contributed by atoms with van der Waals surface area (Å²) in [4.78, 5) is 13.5. The van der Waals surface area contributed by atoms with Crippen LogP contribution >= 0.6 is 7.26 Å². The molecular formula is C22H22O2P+. The topological polar surface area (TPSA) is 26.3 Å². The Bertz CT molecular complexity index is 705. The molecule has 0 heterocycles. The van der Waals surface area contributed by atoms with Crippen molar-refractivity contribution in [2.24, 2.45) is 0 Å². The lowest BCUT2D eigenvalue weighted by molar-refractivity contribution is 0.174. The van der Waals surface area contributed by atoms with Gasteiger partial charge in [-0.2, -0.15) is 0 Å². The van der Waals surface area contributed by atoms with E-state index in [1.807, 2.05) is 97.9 Å². The summed E-state index contributed by atoms with van der Waals surface area (Å²) in [6.07, 6.45) is 0.810. The maximum absolute atomic E-state index is 13.5. The first-order valence-corrected chi connectivity index (χ1v) is 10.3. The Kier molecular flexibility index (Phi) is 5.63. The Hall–Kier alpha value is -2.44. The van der Waals surface area contributed by atoms with Crippen LogP contribution in [-0.2, 0) is 4.74 Å². The largest absolute Gasteiger partial charge is 0.466 e. The zero-order valence-electron chi connectivity index (χ0n) is 14.3. The summed E-state index contributed by atoms with van der Waals surface area (Å²) < 4.78 is 5.73. The predicted molar refractivity (Wildman–Crippen MR) is 107 cm³/mol. The van der Waals surface area contributed by atoms with Crippen LogP contribution in [0.2, 0.25) is 0 Å². The molecule has 0 aromatic heterocycles. The van der Waals surface area contributed by atoms with Gasteiger partial charge in [0.05, 0.1) is 6.61 Å². The molecule has 0 N–H and O–H groups in total. The molecule has 0 unspecified atom stereocenters. The van der Waals surface area contributed by atoms with Crippen molar-refractivity contribution in [3.8, 4) is 0 Å². The van der Waals surface area contributed by atoms with Crippen LogP contribution in [-0.4, -0.2) is 12.3 Å². The van der Waals surface area contributed by atoms with E-state index in [2.05, 4.69) is 0 Å². The van der Waals surface area contributed by atoms with E-state index in [-0.39, 0.29) is 5.71 Å². The van der Waals surface area contributed by atoms with Gasteiger partial charge in [-0.1, -0.05) is 61.5 Å². The van der Waals surface area contributed by atoms with Gasteiger partial charge in [-0.05, 0) is 42.8 Å². The van der Waals surface area contributed by atoms with E-state index in [1.165, 1.54) is 0 Å². The molecule has 25 heavy (non-hydrogen) atoms. The van der Waals surface area contributed by atoms with Crippen molar-refractivity contribution in [2.45, 2.75) is 13.3 Å². The fourth-order valence-corrected chi connectivity index (χ4v) is 6.67. The minimum Gasteiger partial charge on any atom is -0.435 e. The summed E-state index contributed by atoms with van der Waals surface area (Å²) in [5.41, 5.74) is -0.127. The molecule has 0 aliphatic rings. The second-order valence-electron chi connectivity index (χ2n) is 5.79. The van der Waals surface area contributed by atoms with Gasteiger partial charge >= 0.3 is 5.71 Å². The molecule has 0 aliphatic carbocycles. The Balaban J connectivity index is 2.30. The Morgan fingerprint density at radius 2 is 1.08 bits per heavy atom. The van der Waals surface area contributed by atoms with Crippen molar-refractivity contribution in [1.29, 1.82) is 0 Å². The van der Waals surface area contributed by atoms with E-state index < -0.39 is 7.26 Å². The number of hydrogen-bond donors (Lipinski definition) is 0. The van der Waals surface area contributed by atoms with Crippen LogP contribution in [0.5, 0.6) is 0 Å². The lowest BCUT2D eigenvalue weighted by Crippen LogP contribution is -2.36. The van der Waals surface area contributed by atoms with Gasteiger partial charge < -0.3 is 4.74 Å². The third kappa shape index (κ3) is 3.36. The zero-order chi connectivity index (χ0) is 17.5. The normalized spacial score (nSPS) is 11.1. The molecule has 2 nitrogen and oxygen atoms in total. The summed E-state index contributed by atoms with van der Waals surface area (Å²) >= 11 is 0. The molecule has 0 spiro atoms. The summed E-state index contributed by atoms with van der Waals surface area (Å²) in [5, 5.41) is 3.07. The predicted octanol–water partition coefficient (Wildman–Crippen LogP) is 4.53. The Labute approximate surface area is 149 Å². The van der Waals surface area contributed by atoms with Crippen molar-refractivity contribution in [2.75, 3.05) is 6.61 Å². The van der Waals surface area contributed by atoms with E-state index in [0.717, 1.165) is 22.3 Å². The molecule has 0 bridgehead atoms. The number of hydrogen-bond acceptors (Lipinski definition) is 2. The van der Waals surface area contributed by atoms with Crippen molar-refractivity contribution < 1.29 is 9.53 Å².